The summed E-state index contributed by atoms with van der Waals surface area (Å²) in [5, 5.41) is 9.03. The minimum absolute atomic E-state index is 0.0255. The molecule has 0 spiro atoms. The maximum atomic E-state index is 12.0. The van der Waals surface area contributed by atoms with Gasteiger partial charge in [-0.25, -0.2) is 0 Å². The zero-order valence-corrected chi connectivity index (χ0v) is 16.4. The molecule has 0 heterocycles. The van der Waals surface area contributed by atoms with E-state index in [4.69, 9.17) is 5.11 Å². The third kappa shape index (κ3) is 2.09. The minimum Gasteiger partial charge on any atom is -0.481 e. The van der Waals surface area contributed by atoms with Crippen molar-refractivity contribution in [2.45, 2.75) is 73.6 Å². The lowest BCUT2D eigenvalue weighted by atomic mass is 9.70. The van der Waals surface area contributed by atoms with E-state index in [1.165, 1.54) is 6.42 Å². The first-order chi connectivity index (χ1) is 11.3. The van der Waals surface area contributed by atoms with Crippen molar-refractivity contribution in [3.8, 4) is 0 Å². The molecule has 0 amide bonds. The number of aliphatic carboxylic acids is 1. The monoisotopic (exact) mass is 348 g/mol. The highest BCUT2D eigenvalue weighted by Crippen LogP contribution is 2.65. The van der Waals surface area contributed by atoms with Gasteiger partial charge in [0.2, 0.25) is 0 Å². The highest BCUT2D eigenvalue weighted by atomic mass is 16.4. The van der Waals surface area contributed by atoms with Gasteiger partial charge in [-0.15, -0.1) is 0 Å². The first-order valence-corrected chi connectivity index (χ1v) is 9.61. The average molecular weight is 348 g/mol. The van der Waals surface area contributed by atoms with Crippen LogP contribution in [0.3, 0.4) is 0 Å². The molecule has 140 valence electrons. The van der Waals surface area contributed by atoms with Crippen molar-refractivity contribution in [2.24, 2.45) is 39.4 Å². The summed E-state index contributed by atoms with van der Waals surface area (Å²) in [6.07, 6.45) is 4.99. The molecule has 4 fully saturated rings. The number of carbonyl (C=O) groups excluding carboxylic acids is 2. The molecule has 4 bridgehead atoms. The minimum atomic E-state index is -0.934. The lowest BCUT2D eigenvalue weighted by Gasteiger charge is -2.32. The zero-order chi connectivity index (χ0) is 19.0. The van der Waals surface area contributed by atoms with E-state index in [0.29, 0.717) is 11.7 Å². The Morgan fingerprint density at radius 1 is 0.920 bits per heavy atom. The Morgan fingerprint density at radius 3 is 1.72 bits per heavy atom. The number of carbonyl (C=O) groups is 3. The molecule has 0 aliphatic heterocycles. The van der Waals surface area contributed by atoms with Crippen LogP contribution in [0.25, 0.3) is 0 Å². The van der Waals surface area contributed by atoms with Crippen molar-refractivity contribution in [2.75, 3.05) is 0 Å². The maximum absolute atomic E-state index is 12.0. The summed E-state index contributed by atoms with van der Waals surface area (Å²) >= 11 is 0. The first kappa shape index (κ1) is 18.6. The number of Topliss-reactive ketones (excluding diaryl/α,β-unsaturated/α-hetero) is 2. The van der Waals surface area contributed by atoms with Crippen molar-refractivity contribution < 1.29 is 19.5 Å². The predicted molar refractivity (Wildman–Crippen MR) is 95.0 cm³/mol. The zero-order valence-electron chi connectivity index (χ0n) is 16.4. The Bertz CT molecular complexity index is 646. The largest absolute Gasteiger partial charge is 0.481 e. The molecule has 4 rings (SSSR count). The molecule has 4 aliphatic carbocycles. The molecule has 0 radical (unpaired) electrons. The van der Waals surface area contributed by atoms with E-state index in [9.17, 15) is 14.4 Å². The van der Waals surface area contributed by atoms with E-state index in [1.807, 2.05) is 20.8 Å². The molecule has 4 heteroatoms. The smallest absolute Gasteiger partial charge is 0.314 e. The van der Waals surface area contributed by atoms with E-state index in [0.717, 1.165) is 25.7 Å². The highest BCUT2D eigenvalue weighted by molar-refractivity contribution is 6.04. The molecular weight excluding hydrogens is 316 g/mol. The molecule has 4 saturated carbocycles. The summed E-state index contributed by atoms with van der Waals surface area (Å²) in [5.74, 6) is -0.497. The Kier molecular flexibility index (Phi) is 3.85. The highest BCUT2D eigenvalue weighted by Gasteiger charge is 2.68. The molecule has 1 unspecified atom stereocenters. The van der Waals surface area contributed by atoms with Crippen LogP contribution >= 0.6 is 0 Å². The fourth-order valence-corrected chi connectivity index (χ4v) is 6.27. The molecular formula is C21H32O4. The maximum Gasteiger partial charge on any atom is 0.314 e. The fraction of sp³-hybridized carbons (Fsp3) is 0.857. The summed E-state index contributed by atoms with van der Waals surface area (Å²) < 4.78 is 0. The number of carboxylic acids is 1. The Balaban J connectivity index is 0.000000150. The molecule has 0 saturated heterocycles. The standard InChI is InChI=1S/C11H16O3.C10H16O/c1-10(2)6-4-5-11(10,3)8(12)7(6)9(13)14;1-9(2)7-4-5-10(9,3)8(11)6-7/h6-7H,4-5H2,1-3H3,(H,13,14);7H,4-6H2,1-3H3/t6-,7?,11+;7-,10+/m00/s1. The van der Waals surface area contributed by atoms with Gasteiger partial charge >= 0.3 is 5.97 Å². The topological polar surface area (TPSA) is 71.4 Å². The number of rotatable bonds is 1. The Labute approximate surface area is 150 Å². The normalized spacial score (nSPS) is 45.4. The molecule has 4 nitrogen and oxygen atoms in total. The lowest BCUT2D eigenvalue weighted by molar-refractivity contribution is -0.149. The molecule has 5 atom stereocenters. The summed E-state index contributed by atoms with van der Waals surface area (Å²) in [6, 6.07) is 0. The van der Waals surface area contributed by atoms with Crippen molar-refractivity contribution in [3.05, 3.63) is 0 Å². The molecule has 1 N–H and O–H groups in total. The summed E-state index contributed by atoms with van der Waals surface area (Å²) in [4.78, 5) is 34.5. The van der Waals surface area contributed by atoms with Crippen LogP contribution in [0.15, 0.2) is 0 Å². The van der Waals surface area contributed by atoms with Crippen molar-refractivity contribution in [1.82, 2.24) is 0 Å². The van der Waals surface area contributed by atoms with E-state index in [2.05, 4.69) is 20.8 Å². The van der Waals surface area contributed by atoms with Crippen LogP contribution in [0.1, 0.15) is 73.6 Å². The van der Waals surface area contributed by atoms with Crippen molar-refractivity contribution in [1.29, 1.82) is 0 Å². The van der Waals surface area contributed by atoms with Crippen LogP contribution < -0.4 is 0 Å². The Hall–Kier alpha value is -1.19. The molecule has 0 aromatic heterocycles. The van der Waals surface area contributed by atoms with Gasteiger partial charge in [-0.1, -0.05) is 41.5 Å². The molecule has 0 aromatic carbocycles. The van der Waals surface area contributed by atoms with Gasteiger partial charge in [0, 0.05) is 17.3 Å². The number of ketones is 2. The molecule has 25 heavy (non-hydrogen) atoms. The average Bonchev–Trinajstić information content (AvgIpc) is 2.98. The van der Waals surface area contributed by atoms with E-state index in [-0.39, 0.29) is 27.9 Å². The van der Waals surface area contributed by atoms with Crippen LogP contribution in [0.5, 0.6) is 0 Å². The summed E-state index contributed by atoms with van der Waals surface area (Å²) in [5.41, 5.74) is -0.240. The first-order valence-electron chi connectivity index (χ1n) is 9.61. The van der Waals surface area contributed by atoms with Crippen LogP contribution in [0.4, 0.5) is 0 Å². The fourth-order valence-electron chi connectivity index (χ4n) is 6.27. The van der Waals surface area contributed by atoms with E-state index in [1.54, 1.807) is 0 Å². The van der Waals surface area contributed by atoms with Gasteiger partial charge in [0.1, 0.15) is 11.7 Å². The van der Waals surface area contributed by atoms with E-state index >= 15 is 0 Å². The van der Waals surface area contributed by atoms with Crippen LogP contribution in [0.2, 0.25) is 0 Å². The van der Waals surface area contributed by atoms with Crippen LogP contribution in [-0.4, -0.2) is 22.6 Å². The van der Waals surface area contributed by atoms with Gasteiger partial charge in [0.05, 0.1) is 0 Å². The van der Waals surface area contributed by atoms with Crippen LogP contribution in [-0.2, 0) is 14.4 Å². The number of hydrogen-bond acceptors (Lipinski definition) is 3. The van der Waals surface area contributed by atoms with Gasteiger partial charge in [-0.2, -0.15) is 0 Å². The van der Waals surface area contributed by atoms with Gasteiger partial charge in [0.25, 0.3) is 0 Å². The molecule has 4 aliphatic rings. The third-order valence-electron chi connectivity index (χ3n) is 9.28. The summed E-state index contributed by atoms with van der Waals surface area (Å²) in [7, 11) is 0. The van der Waals surface area contributed by atoms with Gasteiger partial charge < -0.3 is 5.11 Å². The van der Waals surface area contributed by atoms with Gasteiger partial charge in [0.15, 0.2) is 5.78 Å². The van der Waals surface area contributed by atoms with Crippen LogP contribution in [0, 0.1) is 39.4 Å². The third-order valence-corrected chi connectivity index (χ3v) is 9.28. The van der Waals surface area contributed by atoms with Crippen molar-refractivity contribution >= 4 is 17.5 Å². The predicted octanol–water partition coefficient (Wildman–Crippen LogP) is 4.11. The second-order valence-electron chi connectivity index (χ2n) is 10.3. The molecule has 0 aromatic rings. The number of hydrogen-bond donors (Lipinski definition) is 1. The lowest BCUT2D eigenvalue weighted by Crippen LogP contribution is -2.35. The Morgan fingerprint density at radius 2 is 1.48 bits per heavy atom. The second kappa shape index (κ2) is 5.17. The van der Waals surface area contributed by atoms with Crippen molar-refractivity contribution in [3.63, 3.8) is 0 Å². The van der Waals surface area contributed by atoms with E-state index < -0.39 is 17.3 Å². The second-order valence-corrected chi connectivity index (χ2v) is 10.3. The number of fused-ring (bicyclic) bond motifs is 4. The van der Waals surface area contributed by atoms with Gasteiger partial charge in [-0.05, 0) is 48.3 Å². The SMILES string of the molecule is CC1(C)[C@H]2CC[C@]1(C)C(=O)C2.CC1(C)[C@H]2CC[C@]1(C)C(=O)C2C(=O)O. The quantitative estimate of drug-likeness (QED) is 0.724. The number of carboxylic acid groups (broad SMARTS) is 1. The van der Waals surface area contributed by atoms with Gasteiger partial charge in [-0.3, -0.25) is 14.4 Å². The summed E-state index contributed by atoms with van der Waals surface area (Å²) in [6.45, 7) is 12.7.